The van der Waals surface area contributed by atoms with Crippen LogP contribution < -0.4 is 5.32 Å². The van der Waals surface area contributed by atoms with Crippen molar-refractivity contribution in [2.45, 2.75) is 33.2 Å². The van der Waals surface area contributed by atoms with Crippen LogP contribution in [0.15, 0.2) is 42.7 Å². The molecule has 0 radical (unpaired) electrons. The second-order valence-corrected chi connectivity index (χ2v) is 6.03. The van der Waals surface area contributed by atoms with Gasteiger partial charge in [-0.2, -0.15) is 0 Å². The van der Waals surface area contributed by atoms with Crippen LogP contribution in [0.1, 0.15) is 36.7 Å². The molecule has 0 bridgehead atoms. The van der Waals surface area contributed by atoms with Gasteiger partial charge in [-0.25, -0.2) is 0 Å². The van der Waals surface area contributed by atoms with E-state index in [0.29, 0.717) is 5.56 Å². The van der Waals surface area contributed by atoms with Gasteiger partial charge in [-0.05, 0) is 39.3 Å². The van der Waals surface area contributed by atoms with Crippen molar-refractivity contribution in [3.63, 3.8) is 0 Å². The van der Waals surface area contributed by atoms with Crippen LogP contribution in [0.5, 0.6) is 0 Å². The van der Waals surface area contributed by atoms with Crippen molar-refractivity contribution in [1.29, 1.82) is 0 Å². The van der Waals surface area contributed by atoms with Crippen molar-refractivity contribution in [3.05, 3.63) is 53.9 Å². The Hall–Kier alpha value is -2.16. The van der Waals surface area contributed by atoms with E-state index in [1.165, 1.54) is 5.56 Å². The van der Waals surface area contributed by atoms with E-state index >= 15 is 0 Å². The van der Waals surface area contributed by atoms with Crippen LogP contribution in [0.25, 0.3) is 11.1 Å². The van der Waals surface area contributed by atoms with Gasteiger partial charge >= 0.3 is 0 Å². The van der Waals surface area contributed by atoms with Gasteiger partial charge in [0.1, 0.15) is 0 Å². The van der Waals surface area contributed by atoms with Gasteiger partial charge in [0.25, 0.3) is 5.91 Å². The molecule has 104 valence electrons. The van der Waals surface area contributed by atoms with E-state index in [4.69, 9.17) is 0 Å². The fourth-order valence-electron chi connectivity index (χ4n) is 1.88. The summed E-state index contributed by atoms with van der Waals surface area (Å²) >= 11 is 0. The summed E-state index contributed by atoms with van der Waals surface area (Å²) in [4.78, 5) is 16.3. The molecule has 1 aromatic heterocycles. The van der Waals surface area contributed by atoms with Crippen LogP contribution in [0.3, 0.4) is 0 Å². The Morgan fingerprint density at radius 2 is 1.70 bits per heavy atom. The number of carbonyl (C=O) groups is 1. The van der Waals surface area contributed by atoms with Crippen molar-refractivity contribution >= 4 is 5.91 Å². The molecule has 3 heteroatoms. The van der Waals surface area contributed by atoms with E-state index in [9.17, 15) is 4.79 Å². The third-order valence-corrected chi connectivity index (χ3v) is 2.87. The first kappa shape index (κ1) is 14.3. The summed E-state index contributed by atoms with van der Waals surface area (Å²) in [5.74, 6) is -0.0982. The Labute approximate surface area is 120 Å². The van der Waals surface area contributed by atoms with Crippen molar-refractivity contribution in [3.8, 4) is 11.1 Å². The molecule has 0 spiro atoms. The van der Waals surface area contributed by atoms with Gasteiger partial charge in [0.15, 0.2) is 0 Å². The summed E-state index contributed by atoms with van der Waals surface area (Å²) in [5.41, 5.74) is 3.55. The quantitative estimate of drug-likeness (QED) is 0.904. The molecule has 0 fully saturated rings. The zero-order chi connectivity index (χ0) is 14.8. The number of pyridine rings is 1. The minimum absolute atomic E-state index is 0.0982. The Morgan fingerprint density at radius 3 is 2.30 bits per heavy atom. The topological polar surface area (TPSA) is 42.0 Å². The SMILES string of the molecule is Cc1ccc(-c2cncc(C(=O)NC(C)(C)C)c2)cc1. The molecule has 1 N–H and O–H groups in total. The molecule has 0 atom stereocenters. The molecule has 20 heavy (non-hydrogen) atoms. The number of rotatable bonds is 2. The fraction of sp³-hybridized carbons (Fsp3) is 0.294. The Bertz CT molecular complexity index is 610. The maximum atomic E-state index is 12.1. The van der Waals surface area contributed by atoms with E-state index < -0.39 is 0 Å². The van der Waals surface area contributed by atoms with Crippen LogP contribution in [-0.4, -0.2) is 16.4 Å². The number of aromatic nitrogens is 1. The third kappa shape index (κ3) is 3.67. The lowest BCUT2D eigenvalue weighted by Crippen LogP contribution is -2.40. The first-order valence-corrected chi connectivity index (χ1v) is 6.70. The first-order chi connectivity index (χ1) is 9.35. The predicted molar refractivity (Wildman–Crippen MR) is 81.6 cm³/mol. The average Bonchev–Trinajstić information content (AvgIpc) is 2.38. The lowest BCUT2D eigenvalue weighted by atomic mass is 10.0. The predicted octanol–water partition coefficient (Wildman–Crippen LogP) is 3.59. The molecule has 2 rings (SSSR count). The highest BCUT2D eigenvalue weighted by Gasteiger charge is 2.15. The Kier molecular flexibility index (Phi) is 3.89. The highest BCUT2D eigenvalue weighted by molar-refractivity contribution is 5.95. The molecule has 1 amide bonds. The molecular formula is C17H20N2O. The lowest BCUT2D eigenvalue weighted by Gasteiger charge is -2.20. The molecule has 0 aliphatic rings. The molecule has 0 saturated carbocycles. The number of nitrogens with zero attached hydrogens (tertiary/aromatic N) is 1. The number of nitrogens with one attached hydrogen (secondary N) is 1. The van der Waals surface area contributed by atoms with Crippen molar-refractivity contribution < 1.29 is 4.79 Å². The first-order valence-electron chi connectivity index (χ1n) is 6.70. The van der Waals surface area contributed by atoms with Crippen LogP contribution >= 0.6 is 0 Å². The van der Waals surface area contributed by atoms with Gasteiger partial charge in [0.05, 0.1) is 5.56 Å². The Morgan fingerprint density at radius 1 is 1.05 bits per heavy atom. The summed E-state index contributed by atoms with van der Waals surface area (Å²) in [6.07, 6.45) is 3.37. The Balaban J connectivity index is 2.28. The number of hydrogen-bond acceptors (Lipinski definition) is 2. The molecule has 3 nitrogen and oxygen atoms in total. The second kappa shape index (κ2) is 5.45. The van der Waals surface area contributed by atoms with Crippen LogP contribution in [0.2, 0.25) is 0 Å². The largest absolute Gasteiger partial charge is 0.347 e. The van der Waals surface area contributed by atoms with Crippen LogP contribution in [0, 0.1) is 6.92 Å². The van der Waals surface area contributed by atoms with Gasteiger partial charge in [-0.15, -0.1) is 0 Å². The number of amides is 1. The number of benzene rings is 1. The highest BCUT2D eigenvalue weighted by Crippen LogP contribution is 2.20. The van der Waals surface area contributed by atoms with E-state index in [1.807, 2.05) is 39.0 Å². The minimum atomic E-state index is -0.253. The number of aryl methyl sites for hydroxylation is 1. The number of carbonyl (C=O) groups excluding carboxylic acids is 1. The molecule has 1 heterocycles. The molecular weight excluding hydrogens is 248 g/mol. The molecule has 0 saturated heterocycles. The van der Waals surface area contributed by atoms with Gasteiger partial charge < -0.3 is 5.32 Å². The zero-order valence-corrected chi connectivity index (χ0v) is 12.4. The molecule has 2 aromatic rings. The van der Waals surface area contributed by atoms with E-state index in [-0.39, 0.29) is 11.4 Å². The monoisotopic (exact) mass is 268 g/mol. The molecule has 0 unspecified atom stereocenters. The second-order valence-electron chi connectivity index (χ2n) is 6.03. The van der Waals surface area contributed by atoms with E-state index in [0.717, 1.165) is 11.1 Å². The summed E-state index contributed by atoms with van der Waals surface area (Å²) < 4.78 is 0. The lowest BCUT2D eigenvalue weighted by molar-refractivity contribution is 0.0919. The van der Waals surface area contributed by atoms with Crippen molar-refractivity contribution in [2.75, 3.05) is 0 Å². The smallest absolute Gasteiger partial charge is 0.253 e. The van der Waals surface area contributed by atoms with Gasteiger partial charge in [0, 0.05) is 23.5 Å². The van der Waals surface area contributed by atoms with Gasteiger partial charge in [-0.1, -0.05) is 29.8 Å². The normalized spacial score (nSPS) is 11.2. The zero-order valence-electron chi connectivity index (χ0n) is 12.4. The van der Waals surface area contributed by atoms with Crippen LogP contribution in [-0.2, 0) is 0 Å². The van der Waals surface area contributed by atoms with Gasteiger partial charge in [0.2, 0.25) is 0 Å². The minimum Gasteiger partial charge on any atom is -0.347 e. The average molecular weight is 268 g/mol. The third-order valence-electron chi connectivity index (χ3n) is 2.87. The van der Waals surface area contributed by atoms with Gasteiger partial charge in [-0.3, -0.25) is 9.78 Å². The number of hydrogen-bond donors (Lipinski definition) is 1. The molecule has 0 aliphatic heterocycles. The fourth-order valence-corrected chi connectivity index (χ4v) is 1.88. The van der Waals surface area contributed by atoms with E-state index in [2.05, 4.69) is 29.4 Å². The standard InChI is InChI=1S/C17H20N2O/c1-12-5-7-13(8-6-12)14-9-15(11-18-10-14)16(20)19-17(2,3)4/h5-11H,1-4H3,(H,19,20). The molecule has 0 aliphatic carbocycles. The van der Waals surface area contributed by atoms with Crippen molar-refractivity contribution in [2.24, 2.45) is 0 Å². The summed E-state index contributed by atoms with van der Waals surface area (Å²) in [6, 6.07) is 10.1. The highest BCUT2D eigenvalue weighted by atomic mass is 16.1. The summed E-state index contributed by atoms with van der Waals surface area (Å²) in [7, 11) is 0. The molecule has 1 aromatic carbocycles. The summed E-state index contributed by atoms with van der Waals surface area (Å²) in [6.45, 7) is 7.93. The summed E-state index contributed by atoms with van der Waals surface area (Å²) in [5, 5.41) is 2.94. The van der Waals surface area contributed by atoms with E-state index in [1.54, 1.807) is 12.4 Å². The maximum Gasteiger partial charge on any atom is 0.253 e. The maximum absolute atomic E-state index is 12.1. The van der Waals surface area contributed by atoms with Crippen LogP contribution in [0.4, 0.5) is 0 Å². The van der Waals surface area contributed by atoms with Crippen molar-refractivity contribution in [1.82, 2.24) is 10.3 Å².